The van der Waals surface area contributed by atoms with Crippen LogP contribution in [0.1, 0.15) is 25.6 Å². The van der Waals surface area contributed by atoms with Crippen molar-refractivity contribution < 1.29 is 44.6 Å². The molecule has 29 heavy (non-hydrogen) atoms. The highest BCUT2D eigenvalue weighted by atomic mass is 19.4. The third-order valence-corrected chi connectivity index (χ3v) is 3.83. The minimum absolute atomic E-state index is 0.664. The average molecular weight is 439 g/mol. The van der Waals surface area contributed by atoms with Gasteiger partial charge in [-0.2, -0.15) is 41.3 Å². The van der Waals surface area contributed by atoms with E-state index in [2.05, 4.69) is 15.0 Å². The Hall–Kier alpha value is -2.32. The van der Waals surface area contributed by atoms with Gasteiger partial charge in [-0.15, -0.1) is 0 Å². The van der Waals surface area contributed by atoms with E-state index in [0.29, 0.717) is 6.92 Å². The molecule has 0 aliphatic heterocycles. The topological polar surface area (TPSA) is 83.0 Å². The molecular formula is C14H14F9N5O. The van der Waals surface area contributed by atoms with Gasteiger partial charge in [0, 0.05) is 12.0 Å². The quantitative estimate of drug-likeness (QED) is 0.608. The van der Waals surface area contributed by atoms with Crippen molar-refractivity contribution in [1.82, 2.24) is 15.0 Å². The van der Waals surface area contributed by atoms with E-state index in [1.54, 1.807) is 10.6 Å². The van der Waals surface area contributed by atoms with Crippen LogP contribution < -0.4 is 10.6 Å². The molecule has 0 unspecified atom stereocenters. The first-order valence-corrected chi connectivity index (χ1v) is 7.95. The molecule has 1 aromatic rings. The van der Waals surface area contributed by atoms with Crippen LogP contribution in [0, 0.1) is 0 Å². The fourth-order valence-electron chi connectivity index (χ4n) is 2.23. The maximum absolute atomic E-state index is 14.2. The van der Waals surface area contributed by atoms with Crippen LogP contribution in [0.5, 0.6) is 0 Å². The third kappa shape index (κ3) is 5.83. The Morgan fingerprint density at radius 1 is 1.10 bits per heavy atom. The number of aromatic nitrogens is 3. The van der Waals surface area contributed by atoms with E-state index in [0.717, 1.165) is 0 Å². The highest BCUT2D eigenvalue weighted by Crippen LogP contribution is 2.41. The lowest BCUT2D eigenvalue weighted by Gasteiger charge is -2.27. The summed E-state index contributed by atoms with van der Waals surface area (Å²) in [5.41, 5.74) is -0.677. The zero-order valence-corrected chi connectivity index (χ0v) is 14.5. The molecule has 1 aliphatic rings. The SMILES string of the molecule is C[C@@H](Nc1nc(NCC(F)(F)F)nc(C2=C(F)[C@H](O)C(F)(F)CC2)n1)C(F)(F)F. The van der Waals surface area contributed by atoms with E-state index in [9.17, 15) is 44.6 Å². The van der Waals surface area contributed by atoms with E-state index >= 15 is 0 Å². The Balaban J connectivity index is 2.45. The molecule has 0 saturated carbocycles. The molecule has 2 atom stereocenters. The summed E-state index contributed by atoms with van der Waals surface area (Å²) in [4.78, 5) is 10.3. The van der Waals surface area contributed by atoms with Crippen LogP contribution in [0.2, 0.25) is 0 Å². The first kappa shape index (κ1) is 23.0. The van der Waals surface area contributed by atoms with Gasteiger partial charge in [-0.1, -0.05) is 0 Å². The van der Waals surface area contributed by atoms with Crippen LogP contribution >= 0.6 is 0 Å². The van der Waals surface area contributed by atoms with Crippen LogP contribution in [0.15, 0.2) is 5.83 Å². The van der Waals surface area contributed by atoms with E-state index in [-0.39, 0.29) is 0 Å². The second kappa shape index (κ2) is 7.84. The molecular weight excluding hydrogens is 425 g/mol. The lowest BCUT2D eigenvalue weighted by atomic mass is 9.92. The fraction of sp³-hybridized carbons (Fsp3) is 0.643. The maximum atomic E-state index is 14.2. The van der Waals surface area contributed by atoms with Crippen molar-refractivity contribution in [3.8, 4) is 0 Å². The summed E-state index contributed by atoms with van der Waals surface area (Å²) in [5, 5.41) is 12.8. The number of alkyl halides is 8. The Morgan fingerprint density at radius 2 is 1.69 bits per heavy atom. The summed E-state index contributed by atoms with van der Waals surface area (Å²) < 4.78 is 116. The number of aliphatic hydroxyl groups excluding tert-OH is 1. The predicted octanol–water partition coefficient (Wildman–Crippen LogP) is 3.68. The molecule has 0 fully saturated rings. The Morgan fingerprint density at radius 3 is 2.24 bits per heavy atom. The molecule has 15 heteroatoms. The van der Waals surface area contributed by atoms with Gasteiger partial charge < -0.3 is 15.7 Å². The molecule has 1 aliphatic carbocycles. The smallest absolute Gasteiger partial charge is 0.380 e. The molecule has 6 nitrogen and oxygen atoms in total. The summed E-state index contributed by atoms with van der Waals surface area (Å²) in [6.45, 7) is -1.01. The minimum Gasteiger partial charge on any atom is -0.380 e. The lowest BCUT2D eigenvalue weighted by molar-refractivity contribution is -0.138. The van der Waals surface area contributed by atoms with Gasteiger partial charge in [0.2, 0.25) is 11.9 Å². The highest BCUT2D eigenvalue weighted by molar-refractivity contribution is 5.66. The zero-order valence-electron chi connectivity index (χ0n) is 14.5. The summed E-state index contributed by atoms with van der Waals surface area (Å²) >= 11 is 0. The van der Waals surface area contributed by atoms with Crippen molar-refractivity contribution in [3.63, 3.8) is 0 Å². The normalized spacial score (nSPS) is 21.1. The Kier molecular flexibility index (Phi) is 6.20. The average Bonchev–Trinajstić information content (AvgIpc) is 2.56. The van der Waals surface area contributed by atoms with Gasteiger partial charge in [0.1, 0.15) is 18.4 Å². The van der Waals surface area contributed by atoms with E-state index < -0.39 is 78.9 Å². The summed E-state index contributed by atoms with van der Waals surface area (Å²) in [7, 11) is 0. The van der Waals surface area contributed by atoms with E-state index in [1.807, 2.05) is 0 Å². The molecule has 0 amide bonds. The summed E-state index contributed by atoms with van der Waals surface area (Å²) in [5.74, 6) is -8.05. The number of hydrogen-bond donors (Lipinski definition) is 3. The number of hydrogen-bond acceptors (Lipinski definition) is 6. The molecule has 0 spiro atoms. The second-order valence-corrected chi connectivity index (χ2v) is 6.17. The van der Waals surface area contributed by atoms with Crippen molar-refractivity contribution in [1.29, 1.82) is 0 Å². The Bertz CT molecular complexity index is 778. The first-order valence-electron chi connectivity index (χ1n) is 7.95. The number of allylic oxidation sites excluding steroid dienone is 1. The fourth-order valence-corrected chi connectivity index (χ4v) is 2.23. The van der Waals surface area contributed by atoms with Gasteiger partial charge in [0.05, 0.1) is 0 Å². The van der Waals surface area contributed by atoms with Gasteiger partial charge in [-0.25, -0.2) is 13.2 Å². The molecule has 3 N–H and O–H groups in total. The molecule has 0 radical (unpaired) electrons. The van der Waals surface area contributed by atoms with Gasteiger partial charge in [0.25, 0.3) is 5.92 Å². The number of nitrogens with zero attached hydrogens (tertiary/aromatic N) is 3. The van der Waals surface area contributed by atoms with Gasteiger partial charge >= 0.3 is 12.4 Å². The van der Waals surface area contributed by atoms with E-state index in [1.165, 1.54) is 0 Å². The van der Waals surface area contributed by atoms with Gasteiger partial charge in [-0.3, -0.25) is 0 Å². The minimum atomic E-state index is -4.78. The molecule has 1 heterocycles. The standard InChI is InChI=1S/C14H14F9N5O/c1-5(14(21,22)23)25-11-27-9(26-10(28-11)24-4-13(18,19)20)6-2-3-12(16,17)8(29)7(6)15/h5,8,29H,2-4H2,1H3,(H2,24,25,26,27,28)/t5-,8+/m1/s1. The first-order chi connectivity index (χ1) is 13.1. The largest absolute Gasteiger partial charge is 0.408 e. The second-order valence-electron chi connectivity index (χ2n) is 6.17. The van der Waals surface area contributed by atoms with Crippen molar-refractivity contribution in [2.45, 2.75) is 50.2 Å². The van der Waals surface area contributed by atoms with Crippen molar-refractivity contribution in [3.05, 3.63) is 11.7 Å². The van der Waals surface area contributed by atoms with E-state index in [4.69, 9.17) is 0 Å². The van der Waals surface area contributed by atoms with Crippen LogP contribution in [-0.2, 0) is 0 Å². The van der Waals surface area contributed by atoms with Gasteiger partial charge in [-0.05, 0) is 13.3 Å². The van der Waals surface area contributed by atoms with Crippen molar-refractivity contribution in [2.24, 2.45) is 0 Å². The number of rotatable bonds is 5. The van der Waals surface area contributed by atoms with Crippen molar-refractivity contribution in [2.75, 3.05) is 17.2 Å². The number of nitrogens with one attached hydrogen (secondary N) is 2. The zero-order chi connectivity index (χ0) is 22.2. The van der Waals surface area contributed by atoms with Crippen LogP contribution in [0.25, 0.3) is 5.57 Å². The Labute approximate surface area is 157 Å². The van der Waals surface area contributed by atoms with Gasteiger partial charge in [0.15, 0.2) is 11.9 Å². The summed E-state index contributed by atoms with van der Waals surface area (Å²) in [6, 6.07) is -2.24. The number of aliphatic hydroxyl groups is 1. The lowest BCUT2D eigenvalue weighted by Crippen LogP contribution is -2.37. The van der Waals surface area contributed by atoms with Crippen LogP contribution in [0.4, 0.5) is 51.4 Å². The molecule has 2 rings (SSSR count). The number of anilines is 2. The molecule has 0 saturated heterocycles. The maximum Gasteiger partial charge on any atom is 0.408 e. The molecule has 0 aromatic carbocycles. The molecule has 0 bridgehead atoms. The number of halogens is 9. The summed E-state index contributed by atoms with van der Waals surface area (Å²) in [6.07, 6.45) is -14.1. The predicted molar refractivity (Wildman–Crippen MR) is 81.7 cm³/mol. The third-order valence-electron chi connectivity index (χ3n) is 3.83. The highest BCUT2D eigenvalue weighted by Gasteiger charge is 2.46. The molecule has 164 valence electrons. The van der Waals surface area contributed by atoms with Crippen LogP contribution in [0.3, 0.4) is 0 Å². The molecule has 1 aromatic heterocycles. The van der Waals surface area contributed by atoms with Crippen molar-refractivity contribution >= 4 is 17.5 Å². The monoisotopic (exact) mass is 439 g/mol. The van der Waals surface area contributed by atoms with Crippen LogP contribution in [-0.4, -0.2) is 57.0 Å².